The number of fused-ring (bicyclic) bond motifs is 1. The van der Waals surface area contributed by atoms with Crippen molar-refractivity contribution < 1.29 is 0 Å². The van der Waals surface area contributed by atoms with E-state index in [1.807, 2.05) is 11.3 Å². The molecule has 2 aromatic rings. The van der Waals surface area contributed by atoms with E-state index in [1.165, 1.54) is 48.6 Å². The van der Waals surface area contributed by atoms with Gasteiger partial charge in [-0.15, -0.1) is 11.3 Å². The molecule has 1 aliphatic rings. The first-order valence-electron chi connectivity index (χ1n) is 7.68. The predicted octanol–water partition coefficient (Wildman–Crippen LogP) is 2.82. The lowest BCUT2D eigenvalue weighted by Gasteiger charge is -2.22. The first-order chi connectivity index (χ1) is 9.92. The summed E-state index contributed by atoms with van der Waals surface area (Å²) in [4.78, 5) is 4.68. The third kappa shape index (κ3) is 3.78. The van der Waals surface area contributed by atoms with Crippen LogP contribution < -0.4 is 10.6 Å². The molecule has 0 bridgehead atoms. The fraction of sp³-hybridized carbons (Fsp3) is 0.562. The third-order valence-electron chi connectivity index (χ3n) is 3.97. The molecule has 1 aromatic carbocycles. The zero-order valence-electron chi connectivity index (χ0n) is 11.9. The molecule has 1 saturated heterocycles. The quantitative estimate of drug-likeness (QED) is 0.803. The van der Waals surface area contributed by atoms with Crippen LogP contribution in [0.3, 0.4) is 0 Å². The number of piperidine rings is 1. The van der Waals surface area contributed by atoms with Crippen LogP contribution in [0.5, 0.6) is 0 Å². The van der Waals surface area contributed by atoms with E-state index in [4.69, 9.17) is 0 Å². The molecule has 20 heavy (non-hydrogen) atoms. The minimum absolute atomic E-state index is 0.874. The van der Waals surface area contributed by atoms with E-state index >= 15 is 0 Å². The van der Waals surface area contributed by atoms with Gasteiger partial charge in [0, 0.05) is 6.42 Å². The fourth-order valence-electron chi connectivity index (χ4n) is 2.78. The van der Waals surface area contributed by atoms with Gasteiger partial charge in [0.25, 0.3) is 0 Å². The number of nitrogens with one attached hydrogen (secondary N) is 2. The van der Waals surface area contributed by atoms with E-state index in [0.717, 1.165) is 24.4 Å². The molecule has 3 nitrogen and oxygen atoms in total. The number of thiazole rings is 1. The molecule has 0 saturated carbocycles. The summed E-state index contributed by atoms with van der Waals surface area (Å²) in [6.45, 7) is 4.68. The summed E-state index contributed by atoms with van der Waals surface area (Å²) in [6.07, 6.45) is 4.93. The zero-order chi connectivity index (χ0) is 13.6. The first kappa shape index (κ1) is 14.0. The number of hydrogen-bond donors (Lipinski definition) is 2. The normalized spacial score (nSPS) is 16.8. The predicted molar refractivity (Wildman–Crippen MR) is 86.4 cm³/mol. The van der Waals surface area contributed by atoms with Crippen LogP contribution in [0.2, 0.25) is 0 Å². The molecule has 0 radical (unpaired) electrons. The molecular formula is C16H23N3S. The van der Waals surface area contributed by atoms with Crippen molar-refractivity contribution in [2.24, 2.45) is 5.92 Å². The number of benzene rings is 1. The van der Waals surface area contributed by atoms with Crippen LogP contribution in [-0.4, -0.2) is 31.2 Å². The molecule has 1 aliphatic heterocycles. The molecule has 1 aromatic heterocycles. The SMILES string of the molecule is c1ccc2sc(CCCNCC3CCNCC3)nc2c1. The maximum Gasteiger partial charge on any atom is 0.0939 e. The van der Waals surface area contributed by atoms with Crippen LogP contribution in [-0.2, 0) is 6.42 Å². The summed E-state index contributed by atoms with van der Waals surface area (Å²) < 4.78 is 1.31. The number of para-hydroxylation sites is 1. The Kier molecular flexibility index (Phi) is 5.01. The van der Waals surface area contributed by atoms with Gasteiger partial charge in [0.05, 0.1) is 15.2 Å². The van der Waals surface area contributed by atoms with Crippen LogP contribution in [0.15, 0.2) is 24.3 Å². The van der Waals surface area contributed by atoms with Gasteiger partial charge in [-0.1, -0.05) is 12.1 Å². The molecule has 0 spiro atoms. The molecule has 0 atom stereocenters. The third-order valence-corrected chi connectivity index (χ3v) is 5.07. The first-order valence-corrected chi connectivity index (χ1v) is 8.49. The molecule has 0 aliphatic carbocycles. The molecule has 108 valence electrons. The number of aromatic nitrogens is 1. The molecule has 4 heteroatoms. The van der Waals surface area contributed by atoms with Gasteiger partial charge in [-0.25, -0.2) is 4.98 Å². The van der Waals surface area contributed by atoms with E-state index in [2.05, 4.69) is 39.9 Å². The second-order valence-corrected chi connectivity index (χ2v) is 6.69. The average Bonchev–Trinajstić information content (AvgIpc) is 2.90. The number of nitrogens with zero attached hydrogens (tertiary/aromatic N) is 1. The maximum atomic E-state index is 4.68. The largest absolute Gasteiger partial charge is 0.317 e. The van der Waals surface area contributed by atoms with E-state index in [1.54, 1.807) is 0 Å². The number of rotatable bonds is 6. The van der Waals surface area contributed by atoms with Gasteiger partial charge in [0.15, 0.2) is 0 Å². The highest BCUT2D eigenvalue weighted by atomic mass is 32.1. The fourth-order valence-corrected chi connectivity index (χ4v) is 3.79. The number of aryl methyl sites for hydroxylation is 1. The summed E-state index contributed by atoms with van der Waals surface area (Å²) in [5.74, 6) is 0.874. The van der Waals surface area contributed by atoms with E-state index in [9.17, 15) is 0 Å². The Morgan fingerprint density at radius 2 is 2.10 bits per heavy atom. The average molecular weight is 289 g/mol. The molecule has 0 amide bonds. The van der Waals surface area contributed by atoms with Gasteiger partial charge in [0.1, 0.15) is 0 Å². The highest BCUT2D eigenvalue weighted by Crippen LogP contribution is 2.22. The molecule has 3 rings (SSSR count). The van der Waals surface area contributed by atoms with E-state index in [-0.39, 0.29) is 0 Å². The van der Waals surface area contributed by atoms with E-state index in [0.29, 0.717) is 0 Å². The summed E-state index contributed by atoms with van der Waals surface area (Å²) in [5.41, 5.74) is 1.15. The Morgan fingerprint density at radius 1 is 1.25 bits per heavy atom. The minimum Gasteiger partial charge on any atom is -0.317 e. The summed E-state index contributed by atoms with van der Waals surface area (Å²) in [6, 6.07) is 8.41. The monoisotopic (exact) mass is 289 g/mol. The van der Waals surface area contributed by atoms with Gasteiger partial charge in [0.2, 0.25) is 0 Å². The van der Waals surface area contributed by atoms with Crippen molar-refractivity contribution in [3.05, 3.63) is 29.3 Å². The Bertz CT molecular complexity index is 498. The molecule has 1 fully saturated rings. The summed E-state index contributed by atoms with van der Waals surface area (Å²) >= 11 is 1.84. The highest BCUT2D eigenvalue weighted by Gasteiger charge is 2.11. The summed E-state index contributed by atoms with van der Waals surface area (Å²) in [7, 11) is 0. The molecule has 0 unspecified atom stereocenters. The Morgan fingerprint density at radius 3 is 2.95 bits per heavy atom. The van der Waals surface area contributed by atoms with Crippen LogP contribution in [0.25, 0.3) is 10.2 Å². The second kappa shape index (κ2) is 7.16. The summed E-state index contributed by atoms with van der Waals surface area (Å²) in [5, 5.41) is 8.30. The van der Waals surface area contributed by atoms with Crippen molar-refractivity contribution in [3.63, 3.8) is 0 Å². The highest BCUT2D eigenvalue weighted by molar-refractivity contribution is 7.18. The van der Waals surface area contributed by atoms with Gasteiger partial charge < -0.3 is 10.6 Å². The van der Waals surface area contributed by atoms with Crippen molar-refractivity contribution in [1.82, 2.24) is 15.6 Å². The van der Waals surface area contributed by atoms with Gasteiger partial charge in [-0.2, -0.15) is 0 Å². The van der Waals surface area contributed by atoms with Crippen LogP contribution in [0.1, 0.15) is 24.3 Å². The second-order valence-electron chi connectivity index (χ2n) is 5.58. The topological polar surface area (TPSA) is 37.0 Å². The van der Waals surface area contributed by atoms with Crippen molar-refractivity contribution >= 4 is 21.6 Å². The smallest absolute Gasteiger partial charge is 0.0939 e. The van der Waals surface area contributed by atoms with Crippen LogP contribution in [0.4, 0.5) is 0 Å². The van der Waals surface area contributed by atoms with Crippen molar-refractivity contribution in [2.45, 2.75) is 25.7 Å². The van der Waals surface area contributed by atoms with Crippen LogP contribution in [0, 0.1) is 5.92 Å². The minimum atomic E-state index is 0.874. The van der Waals surface area contributed by atoms with Crippen LogP contribution >= 0.6 is 11.3 Å². The molecule has 2 heterocycles. The standard InChI is InChI=1S/C16H23N3S/c1-2-5-15-14(4-1)19-16(20-15)6-3-9-18-12-13-7-10-17-11-8-13/h1-2,4-5,13,17-18H,3,6-12H2. The van der Waals surface area contributed by atoms with E-state index < -0.39 is 0 Å². The maximum absolute atomic E-state index is 4.68. The lowest BCUT2D eigenvalue weighted by Crippen LogP contribution is -2.34. The Balaban J connectivity index is 1.37. The Labute approximate surface area is 124 Å². The van der Waals surface area contributed by atoms with Crippen molar-refractivity contribution in [1.29, 1.82) is 0 Å². The van der Waals surface area contributed by atoms with Gasteiger partial charge in [-0.3, -0.25) is 0 Å². The van der Waals surface area contributed by atoms with Crippen molar-refractivity contribution in [2.75, 3.05) is 26.2 Å². The lowest BCUT2D eigenvalue weighted by molar-refractivity contribution is 0.356. The molecule has 2 N–H and O–H groups in total. The zero-order valence-corrected chi connectivity index (χ0v) is 12.7. The van der Waals surface area contributed by atoms with Gasteiger partial charge >= 0.3 is 0 Å². The van der Waals surface area contributed by atoms with Crippen molar-refractivity contribution in [3.8, 4) is 0 Å². The van der Waals surface area contributed by atoms with Gasteiger partial charge in [-0.05, 0) is 63.5 Å². The number of hydrogen-bond acceptors (Lipinski definition) is 4. The molecular weight excluding hydrogens is 266 g/mol. The Hall–Kier alpha value is -0.970. The lowest BCUT2D eigenvalue weighted by atomic mass is 9.98.